The number of likely N-dealkylation sites (tertiary alicyclic amines) is 1. The minimum atomic E-state index is 0.213. The minimum absolute atomic E-state index is 0.213. The number of hydrogen-bond acceptors (Lipinski definition) is 6. The second-order valence-electron chi connectivity index (χ2n) is 8.47. The topological polar surface area (TPSA) is 79.2 Å². The van der Waals surface area contributed by atoms with Gasteiger partial charge in [-0.2, -0.15) is 5.10 Å². The van der Waals surface area contributed by atoms with Crippen molar-refractivity contribution < 1.29 is 9.47 Å². The molecular formula is C23H37N7O2. The summed E-state index contributed by atoms with van der Waals surface area (Å²) < 4.78 is 12.6. The molecule has 1 aromatic heterocycles. The summed E-state index contributed by atoms with van der Waals surface area (Å²) >= 11 is 0. The van der Waals surface area contributed by atoms with Crippen LogP contribution < -0.4 is 20.1 Å². The monoisotopic (exact) mass is 443 g/mol. The van der Waals surface area contributed by atoms with Crippen LogP contribution >= 0.6 is 0 Å². The van der Waals surface area contributed by atoms with Crippen LogP contribution in [-0.2, 0) is 13.6 Å². The molecule has 9 nitrogen and oxygen atoms in total. The number of rotatable bonds is 9. The maximum atomic E-state index is 5.40. The van der Waals surface area contributed by atoms with Gasteiger partial charge in [-0.1, -0.05) is 0 Å². The SMILES string of the molecule is CN=C(NCC(c1cnn(C)c1)N(C)C)NC1CCN(Cc2cc(OC)cc(OC)c2)C1. The molecule has 0 spiro atoms. The maximum absolute atomic E-state index is 5.40. The molecule has 2 atom stereocenters. The van der Waals surface area contributed by atoms with Crippen LogP contribution in [0.4, 0.5) is 0 Å². The summed E-state index contributed by atoms with van der Waals surface area (Å²) in [4.78, 5) is 9.07. The zero-order chi connectivity index (χ0) is 23.1. The Morgan fingerprint density at radius 3 is 2.53 bits per heavy atom. The number of aryl methyl sites for hydroxylation is 1. The summed E-state index contributed by atoms with van der Waals surface area (Å²) in [5.74, 6) is 2.47. The number of methoxy groups -OCH3 is 2. The van der Waals surface area contributed by atoms with E-state index in [1.807, 2.05) is 31.0 Å². The highest BCUT2D eigenvalue weighted by Gasteiger charge is 2.24. The molecule has 2 aromatic rings. The van der Waals surface area contributed by atoms with Crippen molar-refractivity contribution in [2.45, 2.75) is 25.0 Å². The van der Waals surface area contributed by atoms with E-state index in [1.54, 1.807) is 14.2 Å². The van der Waals surface area contributed by atoms with E-state index in [0.717, 1.165) is 50.1 Å². The molecule has 0 bridgehead atoms. The molecule has 2 unspecified atom stereocenters. The third kappa shape index (κ3) is 6.37. The molecule has 1 aromatic carbocycles. The van der Waals surface area contributed by atoms with Crippen LogP contribution in [0.2, 0.25) is 0 Å². The van der Waals surface area contributed by atoms with Gasteiger partial charge < -0.3 is 25.0 Å². The van der Waals surface area contributed by atoms with Gasteiger partial charge in [0, 0.05) is 64.1 Å². The van der Waals surface area contributed by atoms with Gasteiger partial charge in [-0.25, -0.2) is 0 Å². The lowest BCUT2D eigenvalue weighted by Gasteiger charge is -2.25. The Hall–Kier alpha value is -2.78. The van der Waals surface area contributed by atoms with Gasteiger partial charge in [0.1, 0.15) is 11.5 Å². The fourth-order valence-electron chi connectivity index (χ4n) is 4.10. The van der Waals surface area contributed by atoms with Crippen molar-refractivity contribution >= 4 is 5.96 Å². The zero-order valence-electron chi connectivity index (χ0n) is 20.1. The molecule has 0 aliphatic carbocycles. The fourth-order valence-corrected chi connectivity index (χ4v) is 4.10. The second kappa shape index (κ2) is 11.2. The molecule has 0 radical (unpaired) electrons. The predicted molar refractivity (Wildman–Crippen MR) is 127 cm³/mol. The molecule has 1 aliphatic heterocycles. The van der Waals surface area contributed by atoms with Gasteiger partial charge in [-0.05, 0) is 38.2 Å². The van der Waals surface area contributed by atoms with Gasteiger partial charge in [0.2, 0.25) is 0 Å². The maximum Gasteiger partial charge on any atom is 0.191 e. The van der Waals surface area contributed by atoms with Crippen LogP contribution in [0.3, 0.4) is 0 Å². The molecule has 1 fully saturated rings. The van der Waals surface area contributed by atoms with Crippen molar-refractivity contribution in [2.24, 2.45) is 12.0 Å². The van der Waals surface area contributed by atoms with Gasteiger partial charge in [0.25, 0.3) is 0 Å². The second-order valence-corrected chi connectivity index (χ2v) is 8.47. The summed E-state index contributed by atoms with van der Waals surface area (Å²) in [6, 6.07) is 6.61. The highest BCUT2D eigenvalue weighted by atomic mass is 16.5. The van der Waals surface area contributed by atoms with Gasteiger partial charge >= 0.3 is 0 Å². The number of aliphatic imine (C=N–C) groups is 1. The molecule has 9 heteroatoms. The molecule has 1 saturated heterocycles. The van der Waals surface area contributed by atoms with Crippen LogP contribution in [0.1, 0.15) is 23.6 Å². The Labute approximate surface area is 191 Å². The lowest BCUT2D eigenvalue weighted by Crippen LogP contribution is -2.46. The van der Waals surface area contributed by atoms with Gasteiger partial charge in [-0.3, -0.25) is 14.6 Å². The first kappa shape index (κ1) is 23.9. The normalized spacial score (nSPS) is 18.1. The first-order valence-corrected chi connectivity index (χ1v) is 11.0. The van der Waals surface area contributed by atoms with Crippen molar-refractivity contribution in [1.29, 1.82) is 0 Å². The Morgan fingerprint density at radius 1 is 1.25 bits per heavy atom. The Morgan fingerprint density at radius 2 is 1.97 bits per heavy atom. The molecule has 0 saturated carbocycles. The first-order valence-electron chi connectivity index (χ1n) is 11.0. The average Bonchev–Trinajstić information content (AvgIpc) is 3.41. The van der Waals surface area contributed by atoms with Crippen molar-refractivity contribution in [3.05, 3.63) is 41.7 Å². The van der Waals surface area contributed by atoms with E-state index >= 15 is 0 Å². The van der Waals surface area contributed by atoms with Crippen LogP contribution in [-0.4, -0.2) is 86.6 Å². The lowest BCUT2D eigenvalue weighted by atomic mass is 10.1. The number of guanidine groups is 1. The average molecular weight is 444 g/mol. The molecule has 176 valence electrons. The first-order chi connectivity index (χ1) is 15.4. The fraction of sp³-hybridized carbons (Fsp3) is 0.565. The third-order valence-electron chi connectivity index (χ3n) is 5.85. The van der Waals surface area contributed by atoms with E-state index in [-0.39, 0.29) is 6.04 Å². The van der Waals surface area contributed by atoms with E-state index in [1.165, 1.54) is 11.1 Å². The number of aromatic nitrogens is 2. The van der Waals surface area contributed by atoms with Gasteiger partial charge in [0.15, 0.2) is 5.96 Å². The number of benzene rings is 1. The van der Waals surface area contributed by atoms with Crippen LogP contribution in [0.25, 0.3) is 0 Å². The number of nitrogens with zero attached hydrogens (tertiary/aromatic N) is 5. The summed E-state index contributed by atoms with van der Waals surface area (Å²) in [5.41, 5.74) is 2.37. The van der Waals surface area contributed by atoms with E-state index in [0.29, 0.717) is 6.04 Å². The third-order valence-corrected chi connectivity index (χ3v) is 5.85. The van der Waals surface area contributed by atoms with Crippen molar-refractivity contribution in [1.82, 2.24) is 30.2 Å². The smallest absolute Gasteiger partial charge is 0.191 e. The lowest BCUT2D eigenvalue weighted by molar-refractivity contribution is 0.297. The van der Waals surface area contributed by atoms with Gasteiger partial charge in [0.05, 0.1) is 26.5 Å². The van der Waals surface area contributed by atoms with E-state index in [9.17, 15) is 0 Å². The molecule has 3 rings (SSSR count). The summed E-state index contributed by atoms with van der Waals surface area (Å²) in [6.07, 6.45) is 5.05. The highest BCUT2D eigenvalue weighted by molar-refractivity contribution is 5.80. The molecule has 0 amide bonds. The molecule has 2 heterocycles. The molecule has 32 heavy (non-hydrogen) atoms. The zero-order valence-corrected chi connectivity index (χ0v) is 20.1. The Bertz CT molecular complexity index is 874. The van der Waals surface area contributed by atoms with Crippen LogP contribution in [0.5, 0.6) is 11.5 Å². The quantitative estimate of drug-likeness (QED) is 0.449. The van der Waals surface area contributed by atoms with Crippen molar-refractivity contribution in [2.75, 3.05) is 55.0 Å². The standard InChI is InChI=1S/C23H37N7O2/c1-24-23(25-13-22(28(2)3)18-12-26-29(4)15-18)27-19-7-8-30(16-19)14-17-9-20(31-5)11-21(10-17)32-6/h9-12,15,19,22H,7-8,13-14,16H2,1-6H3,(H2,24,25,27). The predicted octanol–water partition coefficient (Wildman–Crippen LogP) is 1.48. The van der Waals surface area contributed by atoms with E-state index < -0.39 is 0 Å². The van der Waals surface area contributed by atoms with Gasteiger partial charge in [-0.15, -0.1) is 0 Å². The molecular weight excluding hydrogens is 406 g/mol. The van der Waals surface area contributed by atoms with E-state index in [2.05, 4.69) is 62.9 Å². The number of ether oxygens (including phenoxy) is 2. The number of nitrogens with one attached hydrogen (secondary N) is 2. The molecule has 1 aliphatic rings. The van der Waals surface area contributed by atoms with Crippen LogP contribution in [0.15, 0.2) is 35.6 Å². The Balaban J connectivity index is 1.52. The number of likely N-dealkylation sites (N-methyl/N-ethyl adjacent to an activating group) is 1. The Kier molecular flexibility index (Phi) is 8.35. The summed E-state index contributed by atoms with van der Waals surface area (Å²) in [5, 5.41) is 11.4. The highest BCUT2D eigenvalue weighted by Crippen LogP contribution is 2.24. The molecule has 2 N–H and O–H groups in total. The number of hydrogen-bond donors (Lipinski definition) is 2. The van der Waals surface area contributed by atoms with E-state index in [4.69, 9.17) is 9.47 Å². The largest absolute Gasteiger partial charge is 0.497 e. The van der Waals surface area contributed by atoms with Crippen molar-refractivity contribution in [3.63, 3.8) is 0 Å². The van der Waals surface area contributed by atoms with Crippen LogP contribution in [0, 0.1) is 0 Å². The minimum Gasteiger partial charge on any atom is -0.497 e. The summed E-state index contributed by atoms with van der Waals surface area (Å²) in [6.45, 7) is 3.60. The summed E-state index contributed by atoms with van der Waals surface area (Å²) in [7, 11) is 11.3. The van der Waals surface area contributed by atoms with Crippen molar-refractivity contribution in [3.8, 4) is 11.5 Å².